The number of nitrogen functional groups attached to an aromatic ring is 2. The van der Waals surface area contributed by atoms with Gasteiger partial charge in [0.25, 0.3) is 0 Å². The van der Waals surface area contributed by atoms with Crippen LogP contribution < -0.4 is 17.2 Å². The molecule has 3 heterocycles. The number of imidazole rings is 1. The number of nitrogens with zero attached hydrogens (tertiary/aromatic N) is 4. The SMILES string of the molecule is Nc1nc(N)c2ncn(C3OC(CO)C(O)C3N)c2n1. The molecule has 1 fully saturated rings. The first-order valence-corrected chi connectivity index (χ1v) is 5.98. The average Bonchev–Trinajstić information content (AvgIpc) is 2.93. The maximum Gasteiger partial charge on any atom is 0.224 e. The second-order valence-electron chi connectivity index (χ2n) is 4.61. The standard InChI is InChI=1S/C10H15N7O3/c11-4-6(19)3(1-18)20-9(4)17-2-14-5-7(12)15-10(13)16-8(5)17/h2-4,6,9,18-19H,1,11H2,(H4,12,13,15,16). The summed E-state index contributed by atoms with van der Waals surface area (Å²) in [6.45, 7) is -0.336. The zero-order chi connectivity index (χ0) is 14.4. The highest BCUT2D eigenvalue weighted by Crippen LogP contribution is 2.30. The first-order valence-electron chi connectivity index (χ1n) is 5.98. The van der Waals surface area contributed by atoms with Crippen LogP contribution in [0.3, 0.4) is 0 Å². The Kier molecular flexibility index (Phi) is 2.94. The van der Waals surface area contributed by atoms with Crippen molar-refractivity contribution in [1.29, 1.82) is 0 Å². The molecule has 1 saturated heterocycles. The van der Waals surface area contributed by atoms with Crippen molar-refractivity contribution in [3.8, 4) is 0 Å². The Hall–Kier alpha value is -2.01. The summed E-state index contributed by atoms with van der Waals surface area (Å²) in [6, 6.07) is -0.734. The third-order valence-corrected chi connectivity index (χ3v) is 3.34. The number of anilines is 2. The molecule has 108 valence electrons. The largest absolute Gasteiger partial charge is 0.394 e. The van der Waals surface area contributed by atoms with Gasteiger partial charge in [0, 0.05) is 0 Å². The minimum atomic E-state index is -0.987. The van der Waals surface area contributed by atoms with E-state index in [-0.39, 0.29) is 18.4 Å². The van der Waals surface area contributed by atoms with E-state index in [0.29, 0.717) is 11.2 Å². The summed E-state index contributed by atoms with van der Waals surface area (Å²) < 4.78 is 7.04. The highest BCUT2D eigenvalue weighted by Gasteiger charge is 2.42. The van der Waals surface area contributed by atoms with Gasteiger partial charge in [0.15, 0.2) is 17.7 Å². The number of aromatic nitrogens is 4. The van der Waals surface area contributed by atoms with Crippen LogP contribution in [0.25, 0.3) is 11.2 Å². The van der Waals surface area contributed by atoms with E-state index in [1.54, 1.807) is 0 Å². The summed E-state index contributed by atoms with van der Waals surface area (Å²) >= 11 is 0. The monoisotopic (exact) mass is 281 g/mol. The average molecular weight is 281 g/mol. The number of aliphatic hydroxyl groups is 2. The van der Waals surface area contributed by atoms with Crippen molar-refractivity contribution in [3.63, 3.8) is 0 Å². The zero-order valence-corrected chi connectivity index (χ0v) is 10.4. The van der Waals surface area contributed by atoms with E-state index in [0.717, 1.165) is 0 Å². The first kappa shape index (κ1) is 13.0. The fraction of sp³-hybridized carbons (Fsp3) is 0.500. The lowest BCUT2D eigenvalue weighted by atomic mass is 10.1. The Morgan fingerprint density at radius 2 is 2.10 bits per heavy atom. The van der Waals surface area contributed by atoms with Crippen molar-refractivity contribution in [2.45, 2.75) is 24.5 Å². The molecule has 10 nitrogen and oxygen atoms in total. The van der Waals surface area contributed by atoms with Crippen LogP contribution in [0, 0.1) is 0 Å². The van der Waals surface area contributed by atoms with Crippen LogP contribution in [0.15, 0.2) is 6.33 Å². The molecular formula is C10H15N7O3. The lowest BCUT2D eigenvalue weighted by Crippen LogP contribution is -2.39. The van der Waals surface area contributed by atoms with Gasteiger partial charge in [0.2, 0.25) is 5.95 Å². The summed E-state index contributed by atoms with van der Waals surface area (Å²) in [7, 11) is 0. The Morgan fingerprint density at radius 1 is 1.35 bits per heavy atom. The number of fused-ring (bicyclic) bond motifs is 1. The van der Waals surface area contributed by atoms with Gasteiger partial charge in [-0.2, -0.15) is 9.97 Å². The predicted molar refractivity (Wildman–Crippen MR) is 69.1 cm³/mol. The second kappa shape index (κ2) is 4.52. The minimum Gasteiger partial charge on any atom is -0.394 e. The molecular weight excluding hydrogens is 266 g/mol. The summed E-state index contributed by atoms with van der Waals surface area (Å²) in [5.74, 6) is 0.152. The van der Waals surface area contributed by atoms with E-state index in [2.05, 4.69) is 15.0 Å². The topological polar surface area (TPSA) is 171 Å². The number of hydrogen-bond acceptors (Lipinski definition) is 9. The van der Waals surface area contributed by atoms with E-state index < -0.39 is 24.5 Å². The molecule has 0 saturated carbocycles. The lowest BCUT2D eigenvalue weighted by Gasteiger charge is -2.17. The first-order chi connectivity index (χ1) is 9.52. The fourth-order valence-corrected chi connectivity index (χ4v) is 2.31. The number of hydrogen-bond donors (Lipinski definition) is 5. The summed E-state index contributed by atoms with van der Waals surface area (Å²) in [5, 5.41) is 19.0. The van der Waals surface area contributed by atoms with Crippen LogP contribution in [0.5, 0.6) is 0 Å². The molecule has 1 aliphatic heterocycles. The number of ether oxygens (including phenoxy) is 1. The van der Waals surface area contributed by atoms with Gasteiger partial charge in [0.05, 0.1) is 19.0 Å². The number of aliphatic hydroxyl groups excluding tert-OH is 2. The van der Waals surface area contributed by atoms with Gasteiger partial charge >= 0.3 is 0 Å². The van der Waals surface area contributed by atoms with Crippen LogP contribution >= 0.6 is 0 Å². The molecule has 4 atom stereocenters. The van der Waals surface area contributed by atoms with Gasteiger partial charge in [-0.05, 0) is 0 Å². The van der Waals surface area contributed by atoms with Crippen molar-refractivity contribution in [2.75, 3.05) is 18.1 Å². The summed E-state index contributed by atoms with van der Waals surface area (Å²) in [6.07, 6.45) is -1.03. The van der Waals surface area contributed by atoms with Gasteiger partial charge in [0.1, 0.15) is 17.7 Å². The molecule has 0 spiro atoms. The summed E-state index contributed by atoms with van der Waals surface area (Å²) in [5.41, 5.74) is 17.9. The van der Waals surface area contributed by atoms with Crippen molar-refractivity contribution >= 4 is 22.9 Å². The van der Waals surface area contributed by atoms with Gasteiger partial charge in [-0.1, -0.05) is 0 Å². The quantitative estimate of drug-likeness (QED) is 0.401. The Morgan fingerprint density at radius 3 is 2.75 bits per heavy atom. The van der Waals surface area contributed by atoms with Crippen molar-refractivity contribution in [2.24, 2.45) is 5.73 Å². The molecule has 0 radical (unpaired) electrons. The second-order valence-corrected chi connectivity index (χ2v) is 4.61. The maximum atomic E-state index is 9.88. The van der Waals surface area contributed by atoms with Crippen LogP contribution in [0.2, 0.25) is 0 Å². The van der Waals surface area contributed by atoms with Gasteiger partial charge in [-0.15, -0.1) is 0 Å². The van der Waals surface area contributed by atoms with Crippen molar-refractivity contribution in [3.05, 3.63) is 6.33 Å². The molecule has 0 bridgehead atoms. The number of rotatable bonds is 2. The molecule has 8 N–H and O–H groups in total. The molecule has 2 aromatic rings. The van der Waals surface area contributed by atoms with Crippen LogP contribution in [-0.4, -0.2) is 54.6 Å². The molecule has 3 rings (SSSR count). The van der Waals surface area contributed by atoms with E-state index >= 15 is 0 Å². The third kappa shape index (κ3) is 1.78. The highest BCUT2D eigenvalue weighted by molar-refractivity contribution is 5.82. The van der Waals surface area contributed by atoms with E-state index in [1.165, 1.54) is 10.9 Å². The molecule has 10 heteroatoms. The Labute approximate surface area is 113 Å². The van der Waals surface area contributed by atoms with Crippen molar-refractivity contribution in [1.82, 2.24) is 19.5 Å². The predicted octanol–water partition coefficient (Wildman–Crippen LogP) is -2.43. The Bertz CT molecular complexity index is 645. The van der Waals surface area contributed by atoms with Crippen molar-refractivity contribution < 1.29 is 14.9 Å². The van der Waals surface area contributed by atoms with E-state index in [1.807, 2.05) is 0 Å². The third-order valence-electron chi connectivity index (χ3n) is 3.34. The molecule has 0 aliphatic carbocycles. The van der Waals surface area contributed by atoms with Crippen LogP contribution in [0.1, 0.15) is 6.23 Å². The van der Waals surface area contributed by atoms with Gasteiger partial charge in [-0.3, -0.25) is 4.57 Å². The number of nitrogens with two attached hydrogens (primary N) is 3. The smallest absolute Gasteiger partial charge is 0.224 e. The molecule has 20 heavy (non-hydrogen) atoms. The molecule has 4 unspecified atom stereocenters. The fourth-order valence-electron chi connectivity index (χ4n) is 2.31. The molecule has 0 amide bonds. The maximum absolute atomic E-state index is 9.88. The van der Waals surface area contributed by atoms with Crippen LogP contribution in [0.4, 0.5) is 11.8 Å². The highest BCUT2D eigenvalue weighted by atomic mass is 16.5. The minimum absolute atomic E-state index is 0.00238. The molecule has 2 aromatic heterocycles. The lowest BCUT2D eigenvalue weighted by molar-refractivity contribution is -0.0437. The van der Waals surface area contributed by atoms with Gasteiger partial charge < -0.3 is 32.2 Å². The van der Waals surface area contributed by atoms with E-state index in [4.69, 9.17) is 27.0 Å². The summed E-state index contributed by atoms with van der Waals surface area (Å²) in [4.78, 5) is 12.0. The van der Waals surface area contributed by atoms with E-state index in [9.17, 15) is 5.11 Å². The zero-order valence-electron chi connectivity index (χ0n) is 10.4. The molecule has 1 aliphatic rings. The Balaban J connectivity index is 2.07. The normalized spacial score (nSPS) is 30.1. The molecule has 0 aromatic carbocycles. The van der Waals surface area contributed by atoms with Gasteiger partial charge in [-0.25, -0.2) is 4.98 Å². The van der Waals surface area contributed by atoms with Crippen LogP contribution in [-0.2, 0) is 4.74 Å².